The SMILES string of the molecule is Cc1cc(NC(=O)N2CCN(C)C(c3ncc[nH]3)C2)no1. The van der Waals surface area contributed by atoms with Crippen molar-refractivity contribution in [2.45, 2.75) is 13.0 Å². The number of aryl methyl sites for hydroxylation is 1. The summed E-state index contributed by atoms with van der Waals surface area (Å²) in [6.07, 6.45) is 3.51. The van der Waals surface area contributed by atoms with Crippen LogP contribution in [-0.2, 0) is 0 Å². The van der Waals surface area contributed by atoms with Gasteiger partial charge in [-0.25, -0.2) is 9.78 Å². The molecule has 1 unspecified atom stereocenters. The first-order chi connectivity index (χ1) is 10.1. The number of aromatic nitrogens is 3. The van der Waals surface area contributed by atoms with Gasteiger partial charge < -0.3 is 14.4 Å². The van der Waals surface area contributed by atoms with E-state index in [9.17, 15) is 4.79 Å². The number of amides is 2. The molecule has 0 saturated carbocycles. The Hall–Kier alpha value is -2.35. The van der Waals surface area contributed by atoms with Crippen LogP contribution in [0.4, 0.5) is 10.6 Å². The van der Waals surface area contributed by atoms with Crippen molar-refractivity contribution in [3.05, 3.63) is 30.0 Å². The van der Waals surface area contributed by atoms with Gasteiger partial charge in [0.25, 0.3) is 0 Å². The molecule has 1 fully saturated rings. The lowest BCUT2D eigenvalue weighted by Crippen LogP contribution is -2.50. The predicted molar refractivity (Wildman–Crippen MR) is 75.8 cm³/mol. The normalized spacial score (nSPS) is 19.7. The van der Waals surface area contributed by atoms with Crippen molar-refractivity contribution in [3.63, 3.8) is 0 Å². The molecule has 1 aliphatic heterocycles. The Kier molecular flexibility index (Phi) is 3.61. The second-order valence-corrected chi connectivity index (χ2v) is 5.17. The van der Waals surface area contributed by atoms with Crippen LogP contribution in [-0.4, -0.2) is 57.6 Å². The van der Waals surface area contributed by atoms with Crippen molar-refractivity contribution in [2.75, 3.05) is 32.0 Å². The molecule has 1 saturated heterocycles. The maximum atomic E-state index is 12.3. The third-order valence-electron chi connectivity index (χ3n) is 3.63. The Morgan fingerprint density at radius 2 is 2.38 bits per heavy atom. The number of H-pyrrole nitrogens is 1. The molecule has 0 bridgehead atoms. The Bertz CT molecular complexity index is 608. The van der Waals surface area contributed by atoms with E-state index in [0.29, 0.717) is 24.7 Å². The van der Waals surface area contributed by atoms with E-state index < -0.39 is 0 Å². The molecule has 0 aliphatic carbocycles. The van der Waals surface area contributed by atoms with E-state index in [4.69, 9.17) is 4.52 Å². The highest BCUT2D eigenvalue weighted by Crippen LogP contribution is 2.21. The van der Waals surface area contributed by atoms with Gasteiger partial charge in [0.15, 0.2) is 5.82 Å². The summed E-state index contributed by atoms with van der Waals surface area (Å²) in [5, 5.41) is 6.52. The van der Waals surface area contributed by atoms with Crippen molar-refractivity contribution in [2.24, 2.45) is 0 Å². The standard InChI is InChI=1S/C13H18N6O2/c1-9-7-11(17-21-9)16-13(20)19-6-5-18(2)10(8-19)12-14-3-4-15-12/h3-4,7,10H,5-6,8H2,1-2H3,(H,14,15)(H,16,17,20). The molecule has 0 spiro atoms. The summed E-state index contributed by atoms with van der Waals surface area (Å²) in [5.74, 6) is 1.97. The number of rotatable bonds is 2. The lowest BCUT2D eigenvalue weighted by molar-refractivity contribution is 0.112. The number of nitrogens with one attached hydrogen (secondary N) is 2. The zero-order chi connectivity index (χ0) is 14.8. The lowest BCUT2D eigenvalue weighted by atomic mass is 10.1. The van der Waals surface area contributed by atoms with Gasteiger partial charge in [-0.05, 0) is 14.0 Å². The molecule has 0 aromatic carbocycles. The highest BCUT2D eigenvalue weighted by atomic mass is 16.5. The van der Waals surface area contributed by atoms with Gasteiger partial charge in [0.05, 0.1) is 6.04 Å². The van der Waals surface area contributed by atoms with Gasteiger partial charge >= 0.3 is 6.03 Å². The maximum absolute atomic E-state index is 12.3. The van der Waals surface area contributed by atoms with Crippen LogP contribution in [0, 0.1) is 6.92 Å². The van der Waals surface area contributed by atoms with Crippen LogP contribution in [0.5, 0.6) is 0 Å². The van der Waals surface area contributed by atoms with Gasteiger partial charge in [-0.3, -0.25) is 10.2 Å². The molecule has 3 heterocycles. The molecule has 8 heteroatoms. The molecule has 2 aromatic rings. The number of likely N-dealkylation sites (N-methyl/N-ethyl adjacent to an activating group) is 1. The van der Waals surface area contributed by atoms with Gasteiger partial charge in [-0.2, -0.15) is 0 Å². The average Bonchev–Trinajstić information content (AvgIpc) is 3.11. The minimum Gasteiger partial charge on any atom is -0.360 e. The fraction of sp³-hybridized carbons (Fsp3) is 0.462. The zero-order valence-corrected chi connectivity index (χ0v) is 12.0. The first-order valence-corrected chi connectivity index (χ1v) is 6.82. The number of anilines is 1. The number of carbonyl (C=O) groups is 1. The number of hydrogen-bond acceptors (Lipinski definition) is 5. The first kappa shape index (κ1) is 13.6. The zero-order valence-electron chi connectivity index (χ0n) is 12.0. The van der Waals surface area contributed by atoms with Crippen molar-refractivity contribution < 1.29 is 9.32 Å². The number of nitrogens with zero attached hydrogens (tertiary/aromatic N) is 4. The van der Waals surface area contributed by atoms with E-state index in [2.05, 4.69) is 25.3 Å². The number of piperazine rings is 1. The third-order valence-corrected chi connectivity index (χ3v) is 3.63. The Morgan fingerprint density at radius 3 is 3.05 bits per heavy atom. The van der Waals surface area contributed by atoms with Crippen molar-refractivity contribution in [1.82, 2.24) is 24.9 Å². The van der Waals surface area contributed by atoms with Gasteiger partial charge in [-0.15, -0.1) is 0 Å². The summed E-state index contributed by atoms with van der Waals surface area (Å²) in [4.78, 5) is 23.6. The lowest BCUT2D eigenvalue weighted by Gasteiger charge is -2.38. The van der Waals surface area contributed by atoms with Crippen molar-refractivity contribution in [3.8, 4) is 0 Å². The van der Waals surface area contributed by atoms with Crippen LogP contribution in [0.15, 0.2) is 23.0 Å². The summed E-state index contributed by atoms with van der Waals surface area (Å²) < 4.78 is 4.94. The molecule has 8 nitrogen and oxygen atoms in total. The second kappa shape index (κ2) is 5.57. The van der Waals surface area contributed by atoms with Gasteiger partial charge in [-0.1, -0.05) is 5.16 Å². The van der Waals surface area contributed by atoms with E-state index in [-0.39, 0.29) is 12.1 Å². The van der Waals surface area contributed by atoms with E-state index in [1.54, 1.807) is 30.3 Å². The number of carbonyl (C=O) groups excluding carboxylic acids is 1. The minimum atomic E-state index is -0.173. The van der Waals surface area contributed by atoms with Crippen molar-refractivity contribution in [1.29, 1.82) is 0 Å². The number of hydrogen-bond donors (Lipinski definition) is 2. The molecule has 1 aliphatic rings. The number of aromatic amines is 1. The molecule has 2 amide bonds. The second-order valence-electron chi connectivity index (χ2n) is 5.17. The van der Waals surface area contributed by atoms with Crippen LogP contribution < -0.4 is 5.32 Å². The Balaban J connectivity index is 1.67. The van der Waals surface area contributed by atoms with Crippen molar-refractivity contribution >= 4 is 11.8 Å². The van der Waals surface area contributed by atoms with Crippen LogP contribution in [0.3, 0.4) is 0 Å². The van der Waals surface area contributed by atoms with Crippen LogP contribution in [0.25, 0.3) is 0 Å². The summed E-state index contributed by atoms with van der Waals surface area (Å²) >= 11 is 0. The molecule has 3 rings (SSSR count). The number of urea groups is 1. The van der Waals surface area contributed by atoms with Gasteiger partial charge in [0, 0.05) is 38.1 Å². The van der Waals surface area contributed by atoms with Crippen LogP contribution in [0.2, 0.25) is 0 Å². The van der Waals surface area contributed by atoms with Crippen LogP contribution >= 0.6 is 0 Å². The quantitative estimate of drug-likeness (QED) is 0.868. The smallest absolute Gasteiger partial charge is 0.323 e. The van der Waals surface area contributed by atoms with E-state index in [0.717, 1.165) is 12.4 Å². The van der Waals surface area contributed by atoms with Gasteiger partial charge in [0.1, 0.15) is 11.6 Å². The maximum Gasteiger partial charge on any atom is 0.323 e. The summed E-state index contributed by atoms with van der Waals surface area (Å²) in [7, 11) is 2.03. The summed E-state index contributed by atoms with van der Waals surface area (Å²) in [6, 6.07) is 1.59. The predicted octanol–water partition coefficient (Wildman–Crippen LogP) is 1.23. The van der Waals surface area contributed by atoms with Gasteiger partial charge in [0.2, 0.25) is 0 Å². The fourth-order valence-corrected chi connectivity index (χ4v) is 2.43. The summed E-state index contributed by atoms with van der Waals surface area (Å²) in [5.41, 5.74) is 0. The molecular weight excluding hydrogens is 272 g/mol. The molecule has 21 heavy (non-hydrogen) atoms. The van der Waals surface area contributed by atoms with E-state index in [1.165, 1.54) is 0 Å². The molecule has 1 atom stereocenters. The highest BCUT2D eigenvalue weighted by Gasteiger charge is 2.30. The Morgan fingerprint density at radius 1 is 1.52 bits per heavy atom. The van der Waals surface area contributed by atoms with Crippen LogP contribution in [0.1, 0.15) is 17.6 Å². The molecule has 0 radical (unpaired) electrons. The Labute approximate surface area is 122 Å². The topological polar surface area (TPSA) is 90.3 Å². The molecule has 112 valence electrons. The molecular formula is C13H18N6O2. The highest BCUT2D eigenvalue weighted by molar-refractivity contribution is 5.88. The van der Waals surface area contributed by atoms with E-state index >= 15 is 0 Å². The fourth-order valence-electron chi connectivity index (χ4n) is 2.43. The number of imidazole rings is 1. The minimum absolute atomic E-state index is 0.0681. The largest absolute Gasteiger partial charge is 0.360 e. The molecule has 2 aromatic heterocycles. The average molecular weight is 290 g/mol. The molecule has 2 N–H and O–H groups in total. The first-order valence-electron chi connectivity index (χ1n) is 6.82. The summed E-state index contributed by atoms with van der Waals surface area (Å²) in [6.45, 7) is 3.81. The van der Waals surface area contributed by atoms with E-state index in [1.807, 2.05) is 7.05 Å². The monoisotopic (exact) mass is 290 g/mol. The third kappa shape index (κ3) is 2.89.